The van der Waals surface area contributed by atoms with Gasteiger partial charge in [-0.1, -0.05) is 36.4 Å². The second-order valence-corrected chi connectivity index (χ2v) is 7.74. The molecule has 0 atom stereocenters. The minimum absolute atomic E-state index is 0.243. The standard InChI is InChI=1S/C25H18F3N5O2/c1-15-23(29-24(35-15)19-6-10-20(11-7-19)25(26,27)28)18-4-2-16(3-5-18)17-8-12-21(13-9-17)34-14-22-30-32-33-31-22/h2-13H,14H2,1H3,(H,30,31,32,33). The summed E-state index contributed by atoms with van der Waals surface area (Å²) in [4.78, 5) is 4.52. The van der Waals surface area contributed by atoms with Crippen LogP contribution in [0.5, 0.6) is 5.75 Å². The number of rotatable bonds is 6. The van der Waals surface area contributed by atoms with Crippen LogP contribution < -0.4 is 4.74 Å². The maximum atomic E-state index is 12.8. The summed E-state index contributed by atoms with van der Waals surface area (Å²) >= 11 is 0. The Kier molecular flexibility index (Phi) is 5.77. The molecule has 5 aromatic rings. The average molecular weight is 477 g/mol. The molecule has 176 valence electrons. The van der Waals surface area contributed by atoms with E-state index >= 15 is 0 Å². The van der Waals surface area contributed by atoms with Gasteiger partial charge in [-0.15, -0.1) is 5.10 Å². The molecular formula is C25H18F3N5O2. The second-order valence-electron chi connectivity index (χ2n) is 7.74. The van der Waals surface area contributed by atoms with E-state index in [0.29, 0.717) is 28.6 Å². The number of tetrazole rings is 1. The number of nitrogens with one attached hydrogen (secondary N) is 1. The fourth-order valence-electron chi connectivity index (χ4n) is 3.55. The maximum Gasteiger partial charge on any atom is 0.416 e. The Morgan fingerprint density at radius 1 is 0.829 bits per heavy atom. The van der Waals surface area contributed by atoms with E-state index in [9.17, 15) is 13.2 Å². The van der Waals surface area contributed by atoms with E-state index in [-0.39, 0.29) is 12.5 Å². The normalized spacial score (nSPS) is 11.5. The van der Waals surface area contributed by atoms with E-state index in [0.717, 1.165) is 28.8 Å². The number of aromatic amines is 1. The van der Waals surface area contributed by atoms with Gasteiger partial charge in [0, 0.05) is 11.1 Å². The molecule has 0 aliphatic rings. The minimum atomic E-state index is -4.39. The van der Waals surface area contributed by atoms with Crippen molar-refractivity contribution in [2.45, 2.75) is 19.7 Å². The van der Waals surface area contributed by atoms with Crippen LogP contribution in [0.3, 0.4) is 0 Å². The number of oxazole rings is 1. The summed E-state index contributed by atoms with van der Waals surface area (Å²) in [7, 11) is 0. The average Bonchev–Trinajstić information content (AvgIpc) is 3.53. The molecule has 0 bridgehead atoms. The number of H-pyrrole nitrogens is 1. The molecule has 0 unspecified atom stereocenters. The lowest BCUT2D eigenvalue weighted by Crippen LogP contribution is -2.03. The third-order valence-electron chi connectivity index (χ3n) is 5.37. The number of benzene rings is 3. The summed E-state index contributed by atoms with van der Waals surface area (Å²) in [5, 5.41) is 13.4. The van der Waals surface area contributed by atoms with Gasteiger partial charge in [-0.2, -0.15) is 13.2 Å². The van der Waals surface area contributed by atoms with Gasteiger partial charge in [0.25, 0.3) is 0 Å². The van der Waals surface area contributed by atoms with Crippen LogP contribution >= 0.6 is 0 Å². The molecule has 0 aliphatic heterocycles. The Hall–Kier alpha value is -4.47. The van der Waals surface area contributed by atoms with Crippen molar-refractivity contribution in [2.24, 2.45) is 0 Å². The SMILES string of the molecule is Cc1oc(-c2ccc(C(F)(F)F)cc2)nc1-c1ccc(-c2ccc(OCc3nnn[nH]3)cc2)cc1. The summed E-state index contributed by atoms with van der Waals surface area (Å²) in [6.45, 7) is 2.02. The Labute approximate surface area is 197 Å². The smallest absolute Gasteiger partial charge is 0.416 e. The molecule has 2 heterocycles. The minimum Gasteiger partial charge on any atom is -0.486 e. The molecule has 0 fully saturated rings. The van der Waals surface area contributed by atoms with E-state index < -0.39 is 11.7 Å². The van der Waals surface area contributed by atoms with E-state index in [1.165, 1.54) is 12.1 Å². The van der Waals surface area contributed by atoms with Gasteiger partial charge in [-0.3, -0.25) is 0 Å². The van der Waals surface area contributed by atoms with Crippen LogP contribution in [0.1, 0.15) is 17.1 Å². The molecule has 0 aliphatic carbocycles. The number of nitrogens with zero attached hydrogens (tertiary/aromatic N) is 4. The van der Waals surface area contributed by atoms with Crippen molar-refractivity contribution in [3.8, 4) is 39.6 Å². The van der Waals surface area contributed by atoms with Crippen LogP contribution in [0.2, 0.25) is 0 Å². The maximum absolute atomic E-state index is 12.8. The van der Waals surface area contributed by atoms with E-state index in [1.54, 1.807) is 6.92 Å². The lowest BCUT2D eigenvalue weighted by atomic mass is 10.0. The molecule has 0 spiro atoms. The van der Waals surface area contributed by atoms with Crippen molar-refractivity contribution in [3.63, 3.8) is 0 Å². The molecule has 1 N–H and O–H groups in total. The highest BCUT2D eigenvalue weighted by molar-refractivity contribution is 5.71. The molecule has 0 amide bonds. The van der Waals surface area contributed by atoms with Crippen LogP contribution in [-0.4, -0.2) is 25.6 Å². The highest BCUT2D eigenvalue weighted by atomic mass is 19.4. The van der Waals surface area contributed by atoms with Crippen molar-refractivity contribution in [3.05, 3.63) is 89.9 Å². The number of alkyl halides is 3. The molecule has 5 rings (SSSR count). The lowest BCUT2D eigenvalue weighted by molar-refractivity contribution is -0.137. The second kappa shape index (κ2) is 9.05. The summed E-state index contributed by atoms with van der Waals surface area (Å²) in [6, 6.07) is 20.2. The molecular weight excluding hydrogens is 459 g/mol. The van der Waals surface area contributed by atoms with Crippen molar-refractivity contribution in [1.29, 1.82) is 0 Å². The molecule has 3 aromatic carbocycles. The molecule has 7 nitrogen and oxygen atoms in total. The topological polar surface area (TPSA) is 89.7 Å². The first kappa shape index (κ1) is 22.3. The number of aryl methyl sites for hydroxylation is 1. The van der Waals surface area contributed by atoms with Gasteiger partial charge in [0.2, 0.25) is 5.89 Å². The van der Waals surface area contributed by atoms with Crippen molar-refractivity contribution >= 4 is 0 Å². The zero-order valence-corrected chi connectivity index (χ0v) is 18.4. The van der Waals surface area contributed by atoms with Crippen LogP contribution in [0.25, 0.3) is 33.8 Å². The molecule has 35 heavy (non-hydrogen) atoms. The highest BCUT2D eigenvalue weighted by Crippen LogP contribution is 2.33. The van der Waals surface area contributed by atoms with Crippen LogP contribution in [-0.2, 0) is 12.8 Å². The summed E-state index contributed by atoms with van der Waals surface area (Å²) in [5.74, 6) is 2.08. The van der Waals surface area contributed by atoms with Gasteiger partial charge >= 0.3 is 6.18 Å². The van der Waals surface area contributed by atoms with E-state index in [1.807, 2.05) is 48.5 Å². The number of hydrogen-bond acceptors (Lipinski definition) is 6. The Morgan fingerprint density at radius 2 is 1.43 bits per heavy atom. The third-order valence-corrected chi connectivity index (χ3v) is 5.37. The fraction of sp³-hybridized carbons (Fsp3) is 0.120. The number of halogens is 3. The predicted octanol–water partition coefficient (Wildman–Crippen LogP) is 6.09. The third kappa shape index (κ3) is 4.91. The Balaban J connectivity index is 1.30. The van der Waals surface area contributed by atoms with E-state index in [4.69, 9.17) is 9.15 Å². The first-order chi connectivity index (χ1) is 16.9. The Morgan fingerprint density at radius 3 is 2.03 bits per heavy atom. The molecule has 0 saturated carbocycles. The van der Waals surface area contributed by atoms with E-state index in [2.05, 4.69) is 25.6 Å². The zero-order chi connectivity index (χ0) is 24.4. The molecule has 10 heteroatoms. The van der Waals surface area contributed by atoms with Gasteiger partial charge in [0.05, 0.1) is 5.56 Å². The monoisotopic (exact) mass is 477 g/mol. The van der Waals surface area contributed by atoms with Crippen molar-refractivity contribution < 1.29 is 22.3 Å². The van der Waals surface area contributed by atoms with Gasteiger partial charge in [0.1, 0.15) is 23.8 Å². The lowest BCUT2D eigenvalue weighted by Gasteiger charge is -2.07. The van der Waals surface area contributed by atoms with Crippen molar-refractivity contribution in [1.82, 2.24) is 25.6 Å². The zero-order valence-electron chi connectivity index (χ0n) is 18.4. The Bertz CT molecular complexity index is 1410. The molecule has 0 saturated heterocycles. The first-order valence-corrected chi connectivity index (χ1v) is 10.6. The summed E-state index contributed by atoms with van der Waals surface area (Å²) < 4.78 is 49.8. The first-order valence-electron chi connectivity index (χ1n) is 10.6. The van der Waals surface area contributed by atoms with Crippen LogP contribution in [0, 0.1) is 6.92 Å². The van der Waals surface area contributed by atoms with Gasteiger partial charge in [-0.05, 0) is 64.9 Å². The number of hydrogen-bond donors (Lipinski definition) is 1. The van der Waals surface area contributed by atoms with Gasteiger partial charge in [0.15, 0.2) is 5.82 Å². The predicted molar refractivity (Wildman–Crippen MR) is 121 cm³/mol. The number of aromatic nitrogens is 5. The van der Waals surface area contributed by atoms with Crippen LogP contribution in [0.4, 0.5) is 13.2 Å². The molecule has 0 radical (unpaired) electrons. The summed E-state index contributed by atoms with van der Waals surface area (Å²) in [5.41, 5.74) is 3.25. The largest absolute Gasteiger partial charge is 0.486 e. The highest BCUT2D eigenvalue weighted by Gasteiger charge is 2.30. The van der Waals surface area contributed by atoms with Crippen molar-refractivity contribution in [2.75, 3.05) is 0 Å². The number of ether oxygens (including phenoxy) is 1. The van der Waals surface area contributed by atoms with Gasteiger partial charge < -0.3 is 9.15 Å². The quantitative estimate of drug-likeness (QED) is 0.318. The molecule has 2 aromatic heterocycles. The summed E-state index contributed by atoms with van der Waals surface area (Å²) in [6.07, 6.45) is -4.39. The van der Waals surface area contributed by atoms with Crippen LogP contribution in [0.15, 0.2) is 77.2 Å². The fourth-order valence-corrected chi connectivity index (χ4v) is 3.55. The van der Waals surface area contributed by atoms with Gasteiger partial charge in [-0.25, -0.2) is 10.1 Å².